The van der Waals surface area contributed by atoms with Crippen LogP contribution in [-0.2, 0) is 7.05 Å². The van der Waals surface area contributed by atoms with Gasteiger partial charge in [-0.3, -0.25) is 9.36 Å². The van der Waals surface area contributed by atoms with Crippen LogP contribution in [-0.4, -0.2) is 52.1 Å². The molecule has 1 aliphatic heterocycles. The highest BCUT2D eigenvalue weighted by atomic mass is 16.2. The molecule has 5 atom stereocenters. The summed E-state index contributed by atoms with van der Waals surface area (Å²) in [6, 6.07) is 6.20. The Kier molecular flexibility index (Phi) is 5.39. The molecular formula is C25H36N6O2. The lowest BCUT2D eigenvalue weighted by molar-refractivity contribution is -0.108. The van der Waals surface area contributed by atoms with Crippen LogP contribution in [0.3, 0.4) is 0 Å². The smallest absolute Gasteiger partial charge is 0.328 e. The van der Waals surface area contributed by atoms with Gasteiger partial charge in [0.15, 0.2) is 5.96 Å². The summed E-state index contributed by atoms with van der Waals surface area (Å²) in [6.45, 7) is 12.1. The molecule has 4 aliphatic rings. The van der Waals surface area contributed by atoms with Crippen molar-refractivity contribution >= 4 is 22.5 Å². The Balaban J connectivity index is 1.48. The number of piperazine rings is 1. The summed E-state index contributed by atoms with van der Waals surface area (Å²) in [4.78, 5) is 35.0. The molecule has 4 fully saturated rings. The standard InChI is InChI=1S/C25H36N6O2/c1-14-13-31(9-8-26-14)23(28-20-11-16-10-19(15(20)2)25(16,3)4)27-17-6-7-18-21(12-17)29-24(33)30(5)22(18)32/h6-7,12,14-16,19-20,26H,8-11,13H2,1-5H3,(H,27,28)(H,29,33)/t14-,15-,16-,19+,20-/m0/s1. The number of rotatable bonds is 2. The molecule has 1 aromatic heterocycles. The fourth-order valence-electron chi connectivity index (χ4n) is 6.28. The molecule has 2 bridgehead atoms. The van der Waals surface area contributed by atoms with Gasteiger partial charge < -0.3 is 20.5 Å². The van der Waals surface area contributed by atoms with Crippen molar-refractivity contribution in [2.24, 2.45) is 35.2 Å². The highest BCUT2D eigenvalue weighted by Gasteiger charge is 2.56. The zero-order chi connectivity index (χ0) is 23.5. The number of H-pyrrole nitrogens is 1. The predicted octanol–water partition coefficient (Wildman–Crippen LogP) is 2.36. The highest BCUT2D eigenvalue weighted by Crippen LogP contribution is 2.61. The minimum absolute atomic E-state index is 0.289. The molecule has 33 heavy (non-hydrogen) atoms. The number of aromatic amines is 1. The lowest BCUT2D eigenvalue weighted by Gasteiger charge is -2.61. The molecule has 8 nitrogen and oxygen atoms in total. The van der Waals surface area contributed by atoms with Crippen LogP contribution in [0.25, 0.3) is 10.9 Å². The first-order valence-electron chi connectivity index (χ1n) is 12.2. The summed E-state index contributed by atoms with van der Waals surface area (Å²) in [6.07, 6.45) is 2.47. The second kappa shape index (κ2) is 8.01. The Hall–Kier alpha value is -2.61. The van der Waals surface area contributed by atoms with E-state index in [-0.39, 0.29) is 5.56 Å². The van der Waals surface area contributed by atoms with Gasteiger partial charge in [-0.25, -0.2) is 9.79 Å². The van der Waals surface area contributed by atoms with Gasteiger partial charge in [0.25, 0.3) is 5.56 Å². The molecule has 2 heterocycles. The van der Waals surface area contributed by atoms with Gasteiger partial charge in [0.1, 0.15) is 0 Å². The number of aromatic nitrogens is 2. The molecule has 6 rings (SSSR count). The SMILES string of the molecule is C[C@@H]1[C@@H](N=C(Nc2ccc3c(=O)n(C)c(=O)[nH]c3c2)N2CCN[C@@H](C)C2)C[C@@H]2C[C@H]1C2(C)C. The van der Waals surface area contributed by atoms with Gasteiger partial charge in [-0.2, -0.15) is 0 Å². The number of hydrogen-bond donors (Lipinski definition) is 3. The van der Waals surface area contributed by atoms with E-state index in [1.807, 2.05) is 12.1 Å². The minimum Gasteiger partial charge on any atom is -0.340 e. The lowest BCUT2D eigenvalue weighted by atomic mass is 9.45. The van der Waals surface area contributed by atoms with E-state index in [9.17, 15) is 9.59 Å². The fourth-order valence-corrected chi connectivity index (χ4v) is 6.28. The molecule has 8 heteroatoms. The number of nitrogens with zero attached hydrogens (tertiary/aromatic N) is 3. The van der Waals surface area contributed by atoms with Gasteiger partial charge in [0, 0.05) is 38.4 Å². The lowest BCUT2D eigenvalue weighted by Crippen LogP contribution is -2.57. The van der Waals surface area contributed by atoms with E-state index in [1.54, 1.807) is 6.07 Å². The molecule has 1 aromatic carbocycles. The van der Waals surface area contributed by atoms with Crippen LogP contribution < -0.4 is 21.9 Å². The van der Waals surface area contributed by atoms with Crippen molar-refractivity contribution in [3.05, 3.63) is 39.0 Å². The maximum atomic E-state index is 12.4. The van der Waals surface area contributed by atoms with Crippen LogP contribution in [0.4, 0.5) is 5.69 Å². The van der Waals surface area contributed by atoms with Crippen LogP contribution >= 0.6 is 0 Å². The summed E-state index contributed by atoms with van der Waals surface area (Å²) in [5, 5.41) is 7.56. The van der Waals surface area contributed by atoms with Crippen LogP contribution in [0.1, 0.15) is 40.5 Å². The number of hydrogen-bond acceptors (Lipinski definition) is 4. The maximum Gasteiger partial charge on any atom is 0.328 e. The first-order chi connectivity index (χ1) is 15.6. The Labute approximate surface area is 194 Å². The van der Waals surface area contributed by atoms with Crippen LogP contribution in [0.5, 0.6) is 0 Å². The predicted molar refractivity (Wildman–Crippen MR) is 133 cm³/mol. The van der Waals surface area contributed by atoms with Crippen molar-refractivity contribution in [2.75, 3.05) is 25.0 Å². The van der Waals surface area contributed by atoms with E-state index in [2.05, 4.69) is 48.2 Å². The average Bonchev–Trinajstić information content (AvgIpc) is 2.77. The van der Waals surface area contributed by atoms with Gasteiger partial charge in [-0.15, -0.1) is 0 Å². The molecule has 178 valence electrons. The van der Waals surface area contributed by atoms with Gasteiger partial charge >= 0.3 is 5.69 Å². The number of benzene rings is 1. The number of nitrogens with one attached hydrogen (secondary N) is 3. The van der Waals surface area contributed by atoms with Crippen LogP contribution in [0.15, 0.2) is 32.8 Å². The maximum absolute atomic E-state index is 12.4. The number of fused-ring (bicyclic) bond motifs is 3. The zero-order valence-electron chi connectivity index (χ0n) is 20.3. The molecular weight excluding hydrogens is 416 g/mol. The van der Waals surface area contributed by atoms with Gasteiger partial charge in [-0.1, -0.05) is 20.8 Å². The molecule has 3 N–H and O–H groups in total. The van der Waals surface area contributed by atoms with E-state index in [4.69, 9.17) is 4.99 Å². The molecule has 2 aromatic rings. The molecule has 0 unspecified atom stereocenters. The van der Waals surface area contributed by atoms with Crippen molar-refractivity contribution in [1.82, 2.24) is 19.8 Å². The van der Waals surface area contributed by atoms with Gasteiger partial charge in [0.05, 0.1) is 16.9 Å². The Bertz CT molecular complexity index is 1210. The quantitative estimate of drug-likeness (QED) is 0.480. The van der Waals surface area contributed by atoms with E-state index in [0.717, 1.165) is 54.1 Å². The third-order valence-electron chi connectivity index (χ3n) is 8.63. The first kappa shape index (κ1) is 22.2. The molecule has 0 spiro atoms. The Morgan fingerprint density at radius 2 is 2.00 bits per heavy atom. The Morgan fingerprint density at radius 1 is 1.21 bits per heavy atom. The third-order valence-corrected chi connectivity index (χ3v) is 8.63. The Morgan fingerprint density at radius 3 is 2.70 bits per heavy atom. The van der Waals surface area contributed by atoms with E-state index in [1.165, 1.54) is 13.5 Å². The minimum atomic E-state index is -0.410. The highest BCUT2D eigenvalue weighted by molar-refractivity contribution is 5.96. The second-order valence-electron chi connectivity index (χ2n) is 11.0. The first-order valence-corrected chi connectivity index (χ1v) is 12.2. The monoisotopic (exact) mass is 452 g/mol. The van der Waals surface area contributed by atoms with Crippen molar-refractivity contribution < 1.29 is 0 Å². The molecule has 3 saturated carbocycles. The van der Waals surface area contributed by atoms with E-state index in [0.29, 0.717) is 34.3 Å². The summed E-state index contributed by atoms with van der Waals surface area (Å²) in [5.41, 5.74) is 1.09. The second-order valence-corrected chi connectivity index (χ2v) is 11.0. The molecule has 0 amide bonds. The summed E-state index contributed by atoms with van der Waals surface area (Å²) in [7, 11) is 1.49. The fraction of sp³-hybridized carbons (Fsp3) is 0.640. The normalized spacial score (nSPS) is 31.4. The van der Waals surface area contributed by atoms with Crippen molar-refractivity contribution in [3.63, 3.8) is 0 Å². The summed E-state index contributed by atoms with van der Waals surface area (Å²) in [5.74, 6) is 2.93. The third kappa shape index (κ3) is 3.78. The largest absolute Gasteiger partial charge is 0.340 e. The van der Waals surface area contributed by atoms with Gasteiger partial charge in [-0.05, 0) is 61.1 Å². The number of guanidine groups is 1. The van der Waals surface area contributed by atoms with Crippen LogP contribution in [0, 0.1) is 23.2 Å². The van der Waals surface area contributed by atoms with Crippen molar-refractivity contribution in [1.29, 1.82) is 0 Å². The average molecular weight is 453 g/mol. The van der Waals surface area contributed by atoms with Crippen LogP contribution in [0.2, 0.25) is 0 Å². The van der Waals surface area contributed by atoms with Crippen molar-refractivity contribution in [3.8, 4) is 0 Å². The molecule has 3 aliphatic carbocycles. The summed E-state index contributed by atoms with van der Waals surface area (Å²) < 4.78 is 1.10. The van der Waals surface area contributed by atoms with E-state index >= 15 is 0 Å². The number of aliphatic imine (C=N–C) groups is 1. The van der Waals surface area contributed by atoms with Crippen molar-refractivity contribution in [2.45, 2.75) is 52.6 Å². The van der Waals surface area contributed by atoms with Gasteiger partial charge in [0.2, 0.25) is 0 Å². The molecule has 1 saturated heterocycles. The number of anilines is 1. The zero-order valence-corrected chi connectivity index (χ0v) is 20.3. The van der Waals surface area contributed by atoms with E-state index < -0.39 is 5.69 Å². The summed E-state index contributed by atoms with van der Waals surface area (Å²) >= 11 is 0. The topological polar surface area (TPSA) is 94.5 Å². The molecule has 0 radical (unpaired) electrons.